The number of aromatic nitrogens is 3. The molecule has 2 heterocycles. The second kappa shape index (κ2) is 7.91. The highest BCUT2D eigenvalue weighted by Crippen LogP contribution is 2.37. The van der Waals surface area contributed by atoms with Crippen molar-refractivity contribution in [3.05, 3.63) is 16.5 Å². The summed E-state index contributed by atoms with van der Waals surface area (Å²) in [5.74, 6) is 2.12. The van der Waals surface area contributed by atoms with Gasteiger partial charge in [-0.15, -0.1) is 21.5 Å². The number of amides is 1. The highest BCUT2D eigenvalue weighted by atomic mass is 32.2. The van der Waals surface area contributed by atoms with Crippen LogP contribution >= 0.6 is 23.1 Å². The molecule has 1 aliphatic carbocycles. The van der Waals surface area contributed by atoms with E-state index in [-0.39, 0.29) is 11.9 Å². The van der Waals surface area contributed by atoms with Gasteiger partial charge in [0.05, 0.1) is 10.6 Å². The number of nitrogens with zero attached hydrogens (tertiary/aromatic N) is 3. The lowest BCUT2D eigenvalue weighted by molar-refractivity contribution is -0.119. The molecule has 1 atom stereocenters. The van der Waals surface area contributed by atoms with E-state index in [4.69, 9.17) is 0 Å². The fourth-order valence-electron chi connectivity index (χ4n) is 3.21. The molecule has 1 unspecified atom stereocenters. The fraction of sp³-hybridized carbons (Fsp3) is 0.611. The van der Waals surface area contributed by atoms with Gasteiger partial charge in [-0.1, -0.05) is 25.1 Å². The number of thiophene rings is 1. The SMILES string of the molecule is CCC1CCc2sc(-c3nnc(SCC(=O)NC(C)C)n3C)cc2C1. The van der Waals surface area contributed by atoms with Crippen LogP contribution in [-0.2, 0) is 24.7 Å². The van der Waals surface area contributed by atoms with Gasteiger partial charge in [0.15, 0.2) is 11.0 Å². The van der Waals surface area contributed by atoms with Crippen LogP contribution in [-0.4, -0.2) is 32.5 Å². The Morgan fingerprint density at radius 1 is 1.48 bits per heavy atom. The lowest BCUT2D eigenvalue weighted by Gasteiger charge is -2.19. The van der Waals surface area contributed by atoms with Crippen molar-refractivity contribution < 1.29 is 4.79 Å². The number of hydrogen-bond acceptors (Lipinski definition) is 5. The Morgan fingerprint density at radius 2 is 2.28 bits per heavy atom. The Morgan fingerprint density at radius 3 is 3.00 bits per heavy atom. The highest BCUT2D eigenvalue weighted by molar-refractivity contribution is 7.99. The third-order valence-corrected chi connectivity index (χ3v) is 6.85. The van der Waals surface area contributed by atoms with Gasteiger partial charge in [0, 0.05) is 18.0 Å². The van der Waals surface area contributed by atoms with E-state index < -0.39 is 0 Å². The average Bonchev–Trinajstić information content (AvgIpc) is 3.14. The van der Waals surface area contributed by atoms with Gasteiger partial charge in [-0.25, -0.2) is 0 Å². The molecule has 0 fully saturated rings. The minimum absolute atomic E-state index is 0.0294. The molecule has 1 amide bonds. The van der Waals surface area contributed by atoms with E-state index >= 15 is 0 Å². The zero-order valence-electron chi connectivity index (χ0n) is 15.3. The van der Waals surface area contributed by atoms with E-state index in [1.165, 1.54) is 52.8 Å². The Balaban J connectivity index is 1.71. The summed E-state index contributed by atoms with van der Waals surface area (Å²) in [6.45, 7) is 6.21. The van der Waals surface area contributed by atoms with Gasteiger partial charge >= 0.3 is 0 Å². The Kier molecular flexibility index (Phi) is 5.84. The van der Waals surface area contributed by atoms with Crippen molar-refractivity contribution in [2.75, 3.05) is 5.75 Å². The second-order valence-corrected chi connectivity index (χ2v) is 9.03. The van der Waals surface area contributed by atoms with Gasteiger partial charge < -0.3 is 9.88 Å². The molecule has 25 heavy (non-hydrogen) atoms. The normalized spacial score (nSPS) is 16.9. The predicted octanol–water partition coefficient (Wildman–Crippen LogP) is 3.68. The molecule has 1 N–H and O–H groups in total. The zero-order valence-corrected chi connectivity index (χ0v) is 17.0. The van der Waals surface area contributed by atoms with E-state index in [1.807, 2.05) is 36.8 Å². The van der Waals surface area contributed by atoms with Crippen LogP contribution in [0.25, 0.3) is 10.7 Å². The maximum Gasteiger partial charge on any atom is 0.230 e. The number of fused-ring (bicyclic) bond motifs is 1. The number of carbonyl (C=O) groups excluding carboxylic acids is 1. The van der Waals surface area contributed by atoms with Gasteiger partial charge in [-0.05, 0) is 50.7 Å². The first-order valence-electron chi connectivity index (χ1n) is 8.91. The first-order chi connectivity index (χ1) is 12.0. The van der Waals surface area contributed by atoms with E-state index in [0.717, 1.165) is 16.9 Å². The van der Waals surface area contributed by atoms with Crippen LogP contribution in [0.4, 0.5) is 0 Å². The molecule has 0 spiro atoms. The van der Waals surface area contributed by atoms with Gasteiger partial charge in [0.25, 0.3) is 0 Å². The molecule has 3 rings (SSSR count). The van der Waals surface area contributed by atoms with Crippen molar-refractivity contribution >= 4 is 29.0 Å². The third kappa shape index (κ3) is 4.26. The van der Waals surface area contributed by atoms with Gasteiger partial charge in [0.2, 0.25) is 5.91 Å². The topological polar surface area (TPSA) is 59.8 Å². The molecule has 1 aliphatic rings. The molecular formula is C18H26N4OS2. The molecule has 2 aromatic heterocycles. The van der Waals surface area contributed by atoms with Crippen molar-refractivity contribution in [3.8, 4) is 10.7 Å². The van der Waals surface area contributed by atoms with Crippen LogP contribution in [0.1, 0.15) is 44.1 Å². The Bertz CT molecular complexity index is 750. The van der Waals surface area contributed by atoms with Crippen molar-refractivity contribution in [2.45, 2.75) is 57.7 Å². The molecule has 0 saturated heterocycles. The maximum absolute atomic E-state index is 11.8. The number of aryl methyl sites for hydroxylation is 1. The molecule has 2 aromatic rings. The van der Waals surface area contributed by atoms with Crippen LogP contribution < -0.4 is 5.32 Å². The summed E-state index contributed by atoms with van der Waals surface area (Å²) >= 11 is 3.28. The van der Waals surface area contributed by atoms with Crippen LogP contribution in [0.3, 0.4) is 0 Å². The van der Waals surface area contributed by atoms with Gasteiger partial charge in [-0.2, -0.15) is 0 Å². The minimum Gasteiger partial charge on any atom is -0.353 e. The molecule has 0 radical (unpaired) electrons. The summed E-state index contributed by atoms with van der Waals surface area (Å²) in [5.41, 5.74) is 1.49. The summed E-state index contributed by atoms with van der Waals surface area (Å²) in [6.07, 6.45) is 4.94. The van der Waals surface area contributed by atoms with E-state index in [0.29, 0.717) is 5.75 Å². The summed E-state index contributed by atoms with van der Waals surface area (Å²) < 4.78 is 2.00. The predicted molar refractivity (Wildman–Crippen MR) is 104 cm³/mol. The monoisotopic (exact) mass is 378 g/mol. The largest absolute Gasteiger partial charge is 0.353 e. The summed E-state index contributed by atoms with van der Waals surface area (Å²) in [4.78, 5) is 14.5. The number of thioether (sulfide) groups is 1. The van der Waals surface area contributed by atoms with Crippen LogP contribution in [0.15, 0.2) is 11.2 Å². The molecule has 0 saturated carbocycles. The minimum atomic E-state index is 0.0294. The van der Waals surface area contributed by atoms with E-state index in [1.54, 1.807) is 0 Å². The molecule has 7 heteroatoms. The second-order valence-electron chi connectivity index (χ2n) is 6.95. The number of nitrogens with one attached hydrogen (secondary N) is 1. The molecule has 5 nitrogen and oxygen atoms in total. The lowest BCUT2D eigenvalue weighted by Crippen LogP contribution is -2.31. The van der Waals surface area contributed by atoms with Crippen LogP contribution in [0.2, 0.25) is 0 Å². The Labute approximate surface area is 157 Å². The molecule has 0 aromatic carbocycles. The summed E-state index contributed by atoms with van der Waals surface area (Å²) in [5, 5.41) is 12.3. The van der Waals surface area contributed by atoms with Gasteiger partial charge in [0.1, 0.15) is 0 Å². The molecular weight excluding hydrogens is 352 g/mol. The third-order valence-electron chi connectivity index (χ3n) is 4.60. The van der Waals surface area contributed by atoms with Crippen molar-refractivity contribution in [3.63, 3.8) is 0 Å². The van der Waals surface area contributed by atoms with Crippen molar-refractivity contribution in [1.82, 2.24) is 20.1 Å². The smallest absolute Gasteiger partial charge is 0.230 e. The first-order valence-corrected chi connectivity index (χ1v) is 10.7. The highest BCUT2D eigenvalue weighted by Gasteiger charge is 2.22. The molecule has 0 bridgehead atoms. The number of hydrogen-bond donors (Lipinski definition) is 1. The van der Waals surface area contributed by atoms with Crippen LogP contribution in [0, 0.1) is 5.92 Å². The van der Waals surface area contributed by atoms with Gasteiger partial charge in [-0.3, -0.25) is 4.79 Å². The first kappa shape index (κ1) is 18.5. The fourth-order valence-corrected chi connectivity index (χ4v) is 5.16. The maximum atomic E-state index is 11.8. The zero-order chi connectivity index (χ0) is 18.0. The van der Waals surface area contributed by atoms with Crippen molar-refractivity contribution in [2.24, 2.45) is 13.0 Å². The molecule has 136 valence electrons. The standard InChI is InChI=1S/C18H26N4OS2/c1-5-12-6-7-14-13(8-12)9-15(25-14)17-20-21-18(22(17)4)24-10-16(23)19-11(2)3/h9,11-12H,5-8,10H2,1-4H3,(H,19,23). The van der Waals surface area contributed by atoms with E-state index in [2.05, 4.69) is 28.5 Å². The Hall–Kier alpha value is -1.34. The quantitative estimate of drug-likeness (QED) is 0.779. The van der Waals surface area contributed by atoms with Crippen LogP contribution in [0.5, 0.6) is 0 Å². The lowest BCUT2D eigenvalue weighted by atomic mass is 9.87. The average molecular weight is 379 g/mol. The summed E-state index contributed by atoms with van der Waals surface area (Å²) in [7, 11) is 1.98. The van der Waals surface area contributed by atoms with Crippen molar-refractivity contribution in [1.29, 1.82) is 0 Å². The number of carbonyl (C=O) groups is 1. The molecule has 0 aliphatic heterocycles. The summed E-state index contributed by atoms with van der Waals surface area (Å²) in [6, 6.07) is 2.46. The number of rotatable bonds is 6. The van der Waals surface area contributed by atoms with E-state index in [9.17, 15) is 4.79 Å².